The Morgan fingerprint density at radius 3 is 2.75 bits per heavy atom. The van der Waals surface area contributed by atoms with Gasteiger partial charge >= 0.3 is 5.97 Å². The molecule has 0 aromatic heterocycles. The van der Waals surface area contributed by atoms with Crippen LogP contribution in [-0.2, 0) is 9.59 Å². The molecular weight excluding hydrogens is 256 g/mol. The second kappa shape index (κ2) is 5.25. The van der Waals surface area contributed by atoms with Gasteiger partial charge in [-0.25, -0.2) is 0 Å². The minimum atomic E-state index is -0.816. The van der Waals surface area contributed by atoms with Gasteiger partial charge in [-0.05, 0) is 37.4 Å². The zero-order valence-electron chi connectivity index (χ0n) is 11.2. The van der Waals surface area contributed by atoms with Gasteiger partial charge in [-0.3, -0.25) is 9.59 Å². The Morgan fingerprint density at radius 1 is 1.25 bits per heavy atom. The molecular formula is C15H18N2O3. The summed E-state index contributed by atoms with van der Waals surface area (Å²) < 4.78 is 0. The molecule has 20 heavy (non-hydrogen) atoms. The molecule has 2 N–H and O–H groups in total. The van der Waals surface area contributed by atoms with Gasteiger partial charge < -0.3 is 15.3 Å². The fourth-order valence-electron chi connectivity index (χ4n) is 3.13. The second-order valence-electron chi connectivity index (χ2n) is 5.38. The molecule has 106 valence electrons. The van der Waals surface area contributed by atoms with E-state index in [1.165, 1.54) is 0 Å². The standard InChI is InChI=1S/C15H18N2O3/c18-14(12-5-3-8-16-12)17-9-7-11(15(19)20)10-4-1-2-6-13(10)17/h1-2,4,6,11-12,16H,3,5,7-9H2,(H,19,20)/t11?,12-/m0/s1. The van der Waals surface area contributed by atoms with Crippen molar-refractivity contribution in [2.24, 2.45) is 0 Å². The summed E-state index contributed by atoms with van der Waals surface area (Å²) in [5.74, 6) is -1.26. The van der Waals surface area contributed by atoms with Gasteiger partial charge in [-0.1, -0.05) is 18.2 Å². The topological polar surface area (TPSA) is 69.6 Å². The van der Waals surface area contributed by atoms with Gasteiger partial charge in [0.15, 0.2) is 0 Å². The summed E-state index contributed by atoms with van der Waals surface area (Å²) >= 11 is 0. The Hall–Kier alpha value is -1.88. The fraction of sp³-hybridized carbons (Fsp3) is 0.467. The number of para-hydroxylation sites is 1. The average Bonchev–Trinajstić information content (AvgIpc) is 2.99. The summed E-state index contributed by atoms with van der Waals surface area (Å²) in [5, 5.41) is 12.5. The predicted molar refractivity (Wildman–Crippen MR) is 74.8 cm³/mol. The van der Waals surface area contributed by atoms with Crippen LogP contribution in [0.4, 0.5) is 5.69 Å². The van der Waals surface area contributed by atoms with E-state index in [4.69, 9.17) is 0 Å². The maximum atomic E-state index is 12.6. The maximum Gasteiger partial charge on any atom is 0.311 e. The number of anilines is 1. The van der Waals surface area contributed by atoms with Gasteiger partial charge in [0.05, 0.1) is 12.0 Å². The van der Waals surface area contributed by atoms with Crippen molar-refractivity contribution in [1.82, 2.24) is 5.32 Å². The molecule has 5 heteroatoms. The van der Waals surface area contributed by atoms with E-state index in [1.54, 1.807) is 4.90 Å². The van der Waals surface area contributed by atoms with Crippen molar-refractivity contribution in [3.63, 3.8) is 0 Å². The number of rotatable bonds is 2. The third kappa shape index (κ3) is 2.18. The second-order valence-corrected chi connectivity index (χ2v) is 5.38. The van der Waals surface area contributed by atoms with Gasteiger partial charge in [0.2, 0.25) is 5.91 Å². The molecule has 0 aliphatic carbocycles. The Bertz CT molecular complexity index is 538. The Kier molecular flexibility index (Phi) is 3.44. The first-order chi connectivity index (χ1) is 9.68. The first-order valence-electron chi connectivity index (χ1n) is 7.05. The maximum absolute atomic E-state index is 12.6. The molecule has 1 aromatic rings. The molecule has 1 amide bonds. The Labute approximate surface area is 117 Å². The van der Waals surface area contributed by atoms with Crippen LogP contribution in [0.5, 0.6) is 0 Å². The van der Waals surface area contributed by atoms with E-state index in [1.807, 2.05) is 24.3 Å². The minimum absolute atomic E-state index is 0.0683. The Morgan fingerprint density at radius 2 is 2.05 bits per heavy atom. The Balaban J connectivity index is 1.92. The molecule has 2 aliphatic rings. The van der Waals surface area contributed by atoms with E-state index in [9.17, 15) is 14.7 Å². The third-order valence-electron chi connectivity index (χ3n) is 4.17. The number of carboxylic acid groups (broad SMARTS) is 1. The first-order valence-corrected chi connectivity index (χ1v) is 7.05. The monoisotopic (exact) mass is 274 g/mol. The molecule has 5 nitrogen and oxygen atoms in total. The first kappa shape index (κ1) is 13.1. The van der Waals surface area contributed by atoms with Crippen LogP contribution in [0.15, 0.2) is 24.3 Å². The van der Waals surface area contributed by atoms with Gasteiger partial charge in [0.25, 0.3) is 0 Å². The summed E-state index contributed by atoms with van der Waals surface area (Å²) in [6.07, 6.45) is 2.36. The number of aliphatic carboxylic acids is 1. The van der Waals surface area contributed by atoms with Crippen molar-refractivity contribution in [2.45, 2.75) is 31.2 Å². The SMILES string of the molecule is O=C(O)C1CCN(C(=O)[C@@H]2CCCN2)c2ccccc21. The summed E-state index contributed by atoms with van der Waals surface area (Å²) in [6, 6.07) is 7.22. The normalized spacial score (nSPS) is 25.3. The van der Waals surface area contributed by atoms with Crippen molar-refractivity contribution in [1.29, 1.82) is 0 Å². The van der Waals surface area contributed by atoms with Gasteiger partial charge in [-0.2, -0.15) is 0 Å². The summed E-state index contributed by atoms with van der Waals surface area (Å²) in [4.78, 5) is 25.6. The van der Waals surface area contributed by atoms with E-state index in [-0.39, 0.29) is 11.9 Å². The molecule has 0 saturated carbocycles. The number of nitrogens with zero attached hydrogens (tertiary/aromatic N) is 1. The number of carbonyl (C=O) groups is 2. The highest BCUT2D eigenvalue weighted by atomic mass is 16.4. The van der Waals surface area contributed by atoms with Crippen LogP contribution in [0.1, 0.15) is 30.7 Å². The lowest BCUT2D eigenvalue weighted by Crippen LogP contribution is -2.46. The minimum Gasteiger partial charge on any atom is -0.481 e. The molecule has 0 spiro atoms. The van der Waals surface area contributed by atoms with Crippen molar-refractivity contribution >= 4 is 17.6 Å². The number of hydrogen-bond acceptors (Lipinski definition) is 3. The van der Waals surface area contributed by atoms with Crippen LogP contribution in [0, 0.1) is 0 Å². The molecule has 0 bridgehead atoms. The van der Waals surface area contributed by atoms with Gasteiger partial charge in [-0.15, -0.1) is 0 Å². The number of hydrogen-bond donors (Lipinski definition) is 2. The smallest absolute Gasteiger partial charge is 0.311 e. The van der Waals surface area contributed by atoms with Crippen molar-refractivity contribution in [3.05, 3.63) is 29.8 Å². The quantitative estimate of drug-likeness (QED) is 0.854. The lowest BCUT2D eigenvalue weighted by molar-refractivity contribution is -0.139. The zero-order valence-corrected chi connectivity index (χ0v) is 11.2. The van der Waals surface area contributed by atoms with E-state index in [0.29, 0.717) is 13.0 Å². The van der Waals surface area contributed by atoms with Crippen molar-refractivity contribution in [2.75, 3.05) is 18.0 Å². The van der Waals surface area contributed by atoms with E-state index >= 15 is 0 Å². The molecule has 1 saturated heterocycles. The predicted octanol–water partition coefficient (Wildman–Crippen LogP) is 1.34. The van der Waals surface area contributed by atoms with Crippen LogP contribution >= 0.6 is 0 Å². The van der Waals surface area contributed by atoms with Gasteiger partial charge in [0, 0.05) is 12.2 Å². The van der Waals surface area contributed by atoms with Crippen molar-refractivity contribution < 1.29 is 14.7 Å². The number of benzene rings is 1. The molecule has 0 radical (unpaired) electrons. The van der Waals surface area contributed by atoms with Crippen LogP contribution in [0.25, 0.3) is 0 Å². The highest BCUT2D eigenvalue weighted by Crippen LogP contribution is 2.35. The van der Waals surface area contributed by atoms with E-state index in [2.05, 4.69) is 5.32 Å². The number of fused-ring (bicyclic) bond motifs is 1. The van der Waals surface area contributed by atoms with Gasteiger partial charge in [0.1, 0.15) is 0 Å². The van der Waals surface area contributed by atoms with Crippen LogP contribution in [0.2, 0.25) is 0 Å². The van der Waals surface area contributed by atoms with E-state index < -0.39 is 11.9 Å². The zero-order chi connectivity index (χ0) is 14.1. The molecule has 1 fully saturated rings. The number of amides is 1. The molecule has 2 atom stereocenters. The van der Waals surface area contributed by atoms with E-state index in [0.717, 1.165) is 30.6 Å². The van der Waals surface area contributed by atoms with Crippen LogP contribution < -0.4 is 10.2 Å². The largest absolute Gasteiger partial charge is 0.481 e. The number of carbonyl (C=O) groups excluding carboxylic acids is 1. The molecule has 1 unspecified atom stereocenters. The molecule has 2 heterocycles. The van der Waals surface area contributed by atoms with Crippen molar-refractivity contribution in [3.8, 4) is 0 Å². The third-order valence-corrected chi connectivity index (χ3v) is 4.17. The molecule has 2 aliphatic heterocycles. The molecule has 3 rings (SSSR count). The average molecular weight is 274 g/mol. The highest BCUT2D eigenvalue weighted by Gasteiger charge is 2.35. The number of nitrogens with one attached hydrogen (secondary N) is 1. The lowest BCUT2D eigenvalue weighted by atomic mass is 9.89. The fourth-order valence-corrected chi connectivity index (χ4v) is 3.13. The van der Waals surface area contributed by atoms with Crippen LogP contribution in [-0.4, -0.2) is 36.1 Å². The highest BCUT2D eigenvalue weighted by molar-refractivity contribution is 5.99. The number of carboxylic acids is 1. The van der Waals surface area contributed by atoms with Crippen LogP contribution in [0.3, 0.4) is 0 Å². The summed E-state index contributed by atoms with van der Waals surface area (Å²) in [6.45, 7) is 1.36. The summed E-state index contributed by atoms with van der Waals surface area (Å²) in [5.41, 5.74) is 1.50. The molecule has 1 aromatic carbocycles. The lowest BCUT2D eigenvalue weighted by Gasteiger charge is -2.34. The summed E-state index contributed by atoms with van der Waals surface area (Å²) in [7, 11) is 0.